The molecule has 20 heavy (non-hydrogen) atoms. The van der Waals surface area contributed by atoms with Crippen molar-refractivity contribution < 1.29 is 19.5 Å². The number of hydrogen-bond acceptors (Lipinski definition) is 5. The summed E-state index contributed by atoms with van der Waals surface area (Å²) in [5.74, 6) is -0.177. The summed E-state index contributed by atoms with van der Waals surface area (Å²) in [5, 5.41) is 13.3. The summed E-state index contributed by atoms with van der Waals surface area (Å²) in [6, 6.07) is 6.84. The maximum Gasteiger partial charge on any atom is 0.308 e. The van der Waals surface area contributed by atoms with Crippen molar-refractivity contribution in [1.29, 1.82) is 0 Å². The number of aromatic hydroxyl groups is 1. The number of ether oxygens (including phenoxy) is 1. The Hall–Kier alpha value is -2.04. The molecule has 1 aromatic rings. The molecular weight excluding hydrogens is 258 g/mol. The first-order valence-electron chi connectivity index (χ1n) is 6.79. The van der Waals surface area contributed by atoms with E-state index in [1.807, 2.05) is 6.92 Å². The van der Waals surface area contributed by atoms with Gasteiger partial charge in [-0.05, 0) is 36.8 Å². The van der Waals surface area contributed by atoms with Crippen LogP contribution in [0.15, 0.2) is 29.4 Å². The van der Waals surface area contributed by atoms with Gasteiger partial charge in [-0.15, -0.1) is 0 Å². The molecular formula is C15H19NO4. The van der Waals surface area contributed by atoms with E-state index in [0.29, 0.717) is 19.4 Å². The van der Waals surface area contributed by atoms with Crippen molar-refractivity contribution in [2.24, 2.45) is 11.1 Å². The summed E-state index contributed by atoms with van der Waals surface area (Å²) in [4.78, 5) is 16.9. The summed E-state index contributed by atoms with van der Waals surface area (Å²) in [5.41, 5.74) is 1.76. The first kappa shape index (κ1) is 14.4. The van der Waals surface area contributed by atoms with Crippen molar-refractivity contribution in [3.8, 4) is 5.75 Å². The highest BCUT2D eigenvalue weighted by atomic mass is 16.6. The number of nitrogens with zero attached hydrogens (tertiary/aromatic N) is 1. The predicted molar refractivity (Wildman–Crippen MR) is 74.5 cm³/mol. The van der Waals surface area contributed by atoms with Crippen LogP contribution in [0.25, 0.3) is 0 Å². The maximum atomic E-state index is 11.6. The Kier molecular flexibility index (Phi) is 4.61. The number of benzene rings is 1. The normalized spacial score (nSPS) is 19.1. The van der Waals surface area contributed by atoms with Crippen LogP contribution in [0.3, 0.4) is 0 Å². The summed E-state index contributed by atoms with van der Waals surface area (Å²) in [7, 11) is 0. The number of rotatable bonds is 5. The van der Waals surface area contributed by atoms with Crippen LogP contribution in [0.5, 0.6) is 5.75 Å². The van der Waals surface area contributed by atoms with Gasteiger partial charge in [-0.3, -0.25) is 4.79 Å². The van der Waals surface area contributed by atoms with E-state index < -0.39 is 0 Å². The molecule has 2 rings (SSSR count). The predicted octanol–water partition coefficient (Wildman–Crippen LogP) is 2.47. The molecule has 0 saturated carbocycles. The van der Waals surface area contributed by atoms with Gasteiger partial charge in [0.1, 0.15) is 11.9 Å². The molecule has 108 valence electrons. The van der Waals surface area contributed by atoms with Gasteiger partial charge in [-0.2, -0.15) is 0 Å². The number of carbonyl (C=O) groups excluding carboxylic acids is 1. The molecule has 1 aliphatic rings. The number of esters is 1. The molecule has 0 spiro atoms. The average Bonchev–Trinajstić information content (AvgIpc) is 2.88. The number of oxime groups is 1. The van der Waals surface area contributed by atoms with E-state index in [9.17, 15) is 9.90 Å². The van der Waals surface area contributed by atoms with Crippen LogP contribution in [0, 0.1) is 5.92 Å². The molecule has 0 aromatic heterocycles. The molecule has 1 N–H and O–H groups in total. The van der Waals surface area contributed by atoms with Gasteiger partial charge in [0.2, 0.25) is 0 Å². The van der Waals surface area contributed by atoms with E-state index in [1.165, 1.54) is 0 Å². The molecule has 0 amide bonds. The Bertz CT molecular complexity index is 495. The zero-order valence-electron chi connectivity index (χ0n) is 11.7. The highest BCUT2D eigenvalue weighted by Crippen LogP contribution is 2.23. The SMILES string of the molecule is CCOC(=O)C(C)CC1CC(c2ccc(O)cc2)=NO1. The molecule has 1 aliphatic heterocycles. The molecule has 0 radical (unpaired) electrons. The smallest absolute Gasteiger partial charge is 0.308 e. The molecule has 0 saturated heterocycles. The maximum absolute atomic E-state index is 11.6. The van der Waals surface area contributed by atoms with E-state index in [-0.39, 0.29) is 23.7 Å². The van der Waals surface area contributed by atoms with Crippen LogP contribution in [-0.2, 0) is 14.4 Å². The minimum absolute atomic E-state index is 0.0989. The second kappa shape index (κ2) is 6.41. The van der Waals surface area contributed by atoms with E-state index in [1.54, 1.807) is 31.2 Å². The van der Waals surface area contributed by atoms with E-state index >= 15 is 0 Å². The molecule has 2 unspecified atom stereocenters. The zero-order chi connectivity index (χ0) is 14.5. The Morgan fingerprint density at radius 1 is 1.50 bits per heavy atom. The fourth-order valence-corrected chi connectivity index (χ4v) is 2.15. The van der Waals surface area contributed by atoms with Crippen molar-refractivity contribution in [2.45, 2.75) is 32.8 Å². The largest absolute Gasteiger partial charge is 0.508 e. The second-order valence-electron chi connectivity index (χ2n) is 4.91. The number of phenolic OH excluding ortho intramolecular Hbond substituents is 1. The van der Waals surface area contributed by atoms with Gasteiger partial charge in [0.25, 0.3) is 0 Å². The van der Waals surface area contributed by atoms with Crippen molar-refractivity contribution in [1.82, 2.24) is 0 Å². The summed E-state index contributed by atoms with van der Waals surface area (Å²) >= 11 is 0. The van der Waals surface area contributed by atoms with Gasteiger partial charge in [0, 0.05) is 12.8 Å². The van der Waals surface area contributed by atoms with E-state index in [2.05, 4.69) is 5.16 Å². The van der Waals surface area contributed by atoms with Crippen molar-refractivity contribution in [2.75, 3.05) is 6.61 Å². The summed E-state index contributed by atoms with van der Waals surface area (Å²) in [6.07, 6.45) is 1.15. The molecule has 0 bridgehead atoms. The standard InChI is InChI=1S/C15H19NO4/c1-3-19-15(18)10(2)8-13-9-14(16-20-13)11-4-6-12(17)7-5-11/h4-7,10,13,17H,3,8-9H2,1-2H3. The van der Waals surface area contributed by atoms with Crippen LogP contribution in [0.2, 0.25) is 0 Å². The molecule has 2 atom stereocenters. The number of carbonyl (C=O) groups is 1. The summed E-state index contributed by atoms with van der Waals surface area (Å²) in [6.45, 7) is 4.02. The lowest BCUT2D eigenvalue weighted by atomic mass is 9.98. The average molecular weight is 277 g/mol. The quantitative estimate of drug-likeness (QED) is 0.839. The zero-order valence-corrected chi connectivity index (χ0v) is 11.7. The van der Waals surface area contributed by atoms with Gasteiger partial charge in [-0.25, -0.2) is 0 Å². The third-order valence-corrected chi connectivity index (χ3v) is 3.24. The van der Waals surface area contributed by atoms with Gasteiger partial charge in [0.15, 0.2) is 0 Å². The Labute approximate surface area is 118 Å². The lowest BCUT2D eigenvalue weighted by Gasteiger charge is -2.13. The third kappa shape index (κ3) is 3.50. The minimum atomic E-state index is -0.200. The summed E-state index contributed by atoms with van der Waals surface area (Å²) < 4.78 is 4.98. The van der Waals surface area contributed by atoms with Gasteiger partial charge in [-0.1, -0.05) is 12.1 Å². The first-order chi connectivity index (χ1) is 9.60. The van der Waals surface area contributed by atoms with E-state index in [0.717, 1.165) is 11.3 Å². The van der Waals surface area contributed by atoms with Crippen LogP contribution in [0.1, 0.15) is 32.3 Å². The number of hydrogen-bond donors (Lipinski definition) is 1. The first-order valence-corrected chi connectivity index (χ1v) is 6.79. The minimum Gasteiger partial charge on any atom is -0.508 e. The molecule has 1 heterocycles. The van der Waals surface area contributed by atoms with Gasteiger partial charge in [0.05, 0.1) is 18.2 Å². The van der Waals surface area contributed by atoms with Crippen LogP contribution >= 0.6 is 0 Å². The third-order valence-electron chi connectivity index (χ3n) is 3.24. The molecule has 5 heteroatoms. The van der Waals surface area contributed by atoms with E-state index in [4.69, 9.17) is 9.57 Å². The fraction of sp³-hybridized carbons (Fsp3) is 0.467. The lowest BCUT2D eigenvalue weighted by molar-refractivity contribution is -0.148. The van der Waals surface area contributed by atoms with Crippen LogP contribution < -0.4 is 0 Å². The van der Waals surface area contributed by atoms with Crippen LogP contribution in [0.4, 0.5) is 0 Å². The highest BCUT2D eigenvalue weighted by molar-refractivity contribution is 6.01. The van der Waals surface area contributed by atoms with Gasteiger partial charge < -0.3 is 14.7 Å². The number of phenols is 1. The molecule has 1 aromatic carbocycles. The highest BCUT2D eigenvalue weighted by Gasteiger charge is 2.27. The van der Waals surface area contributed by atoms with Crippen molar-refractivity contribution >= 4 is 11.7 Å². The molecule has 0 aliphatic carbocycles. The van der Waals surface area contributed by atoms with Gasteiger partial charge >= 0.3 is 5.97 Å². The fourth-order valence-electron chi connectivity index (χ4n) is 2.15. The lowest BCUT2D eigenvalue weighted by Crippen LogP contribution is -2.21. The Balaban J connectivity index is 1.88. The Morgan fingerprint density at radius 3 is 2.85 bits per heavy atom. The second-order valence-corrected chi connectivity index (χ2v) is 4.91. The van der Waals surface area contributed by atoms with Crippen molar-refractivity contribution in [3.05, 3.63) is 29.8 Å². The molecule has 0 fully saturated rings. The van der Waals surface area contributed by atoms with Crippen LogP contribution in [-0.4, -0.2) is 29.5 Å². The monoisotopic (exact) mass is 277 g/mol. The topological polar surface area (TPSA) is 68.1 Å². The van der Waals surface area contributed by atoms with Crippen molar-refractivity contribution in [3.63, 3.8) is 0 Å². The Morgan fingerprint density at radius 2 is 2.20 bits per heavy atom. The molecule has 5 nitrogen and oxygen atoms in total.